The zero-order valence-corrected chi connectivity index (χ0v) is 19.9. The maximum atomic E-state index is 11.9. The van der Waals surface area contributed by atoms with Crippen molar-refractivity contribution in [3.8, 4) is 28.7 Å². The van der Waals surface area contributed by atoms with Gasteiger partial charge in [0.25, 0.3) is 0 Å². The van der Waals surface area contributed by atoms with Crippen molar-refractivity contribution in [1.82, 2.24) is 0 Å². The molecule has 7 nitrogen and oxygen atoms in total. The molecule has 0 fully saturated rings. The van der Waals surface area contributed by atoms with Crippen LogP contribution in [0.5, 0.6) is 28.7 Å². The Hall–Kier alpha value is -3.09. The van der Waals surface area contributed by atoms with Crippen LogP contribution < -0.4 is 18.9 Å². The summed E-state index contributed by atoms with van der Waals surface area (Å²) >= 11 is 0. The van der Waals surface area contributed by atoms with Gasteiger partial charge in [-0.3, -0.25) is 4.79 Å². The van der Waals surface area contributed by atoms with Gasteiger partial charge in [-0.15, -0.1) is 0 Å². The van der Waals surface area contributed by atoms with E-state index in [1.165, 1.54) is 14.0 Å². The lowest BCUT2D eigenvalue weighted by molar-refractivity contribution is -0.152. The number of unbranched alkanes of at least 4 members (excludes halogenated alkanes) is 2. The number of phenolic OH excluding ortho intramolecular Hbond substituents is 1. The minimum atomic E-state index is -0.578. The van der Waals surface area contributed by atoms with Crippen molar-refractivity contribution in [2.75, 3.05) is 20.3 Å². The van der Waals surface area contributed by atoms with E-state index in [4.69, 9.17) is 23.7 Å². The van der Waals surface area contributed by atoms with E-state index in [0.717, 1.165) is 36.8 Å². The molecule has 3 rings (SSSR count). The van der Waals surface area contributed by atoms with E-state index in [1.54, 1.807) is 18.2 Å². The molecule has 0 saturated heterocycles. The molecular formula is C26H34O7. The van der Waals surface area contributed by atoms with Crippen molar-refractivity contribution < 1.29 is 33.6 Å². The van der Waals surface area contributed by atoms with Crippen molar-refractivity contribution in [2.45, 2.75) is 65.1 Å². The van der Waals surface area contributed by atoms with Crippen molar-refractivity contribution in [2.24, 2.45) is 0 Å². The number of carbonyl (C=O) groups excluding carboxylic acids is 1. The monoisotopic (exact) mass is 458 g/mol. The number of hydrogen-bond acceptors (Lipinski definition) is 7. The van der Waals surface area contributed by atoms with Crippen LogP contribution in [0.2, 0.25) is 0 Å². The summed E-state index contributed by atoms with van der Waals surface area (Å²) in [7, 11) is 1.49. The van der Waals surface area contributed by atoms with Gasteiger partial charge in [0.05, 0.1) is 20.3 Å². The third-order valence-electron chi connectivity index (χ3n) is 5.51. The second-order valence-corrected chi connectivity index (χ2v) is 8.12. The van der Waals surface area contributed by atoms with Gasteiger partial charge in [-0.25, -0.2) is 0 Å². The van der Waals surface area contributed by atoms with Crippen LogP contribution >= 0.6 is 0 Å². The number of hydrogen-bond donors (Lipinski definition) is 1. The molecule has 2 aromatic rings. The number of ether oxygens (including phenoxy) is 5. The number of aromatic hydroxyl groups is 1. The summed E-state index contributed by atoms with van der Waals surface area (Å²) in [4.78, 5) is 11.9. The van der Waals surface area contributed by atoms with Crippen molar-refractivity contribution in [3.05, 3.63) is 41.5 Å². The first-order valence-electron chi connectivity index (χ1n) is 11.6. The lowest BCUT2D eigenvalue weighted by Gasteiger charge is -2.34. The maximum Gasteiger partial charge on any atom is 0.303 e. The second kappa shape index (κ2) is 11.7. The van der Waals surface area contributed by atoms with E-state index in [2.05, 4.69) is 13.8 Å². The summed E-state index contributed by atoms with van der Waals surface area (Å²) < 4.78 is 29.3. The normalized spacial score (nSPS) is 17.0. The first-order valence-corrected chi connectivity index (χ1v) is 11.6. The van der Waals surface area contributed by atoms with Gasteiger partial charge in [0.15, 0.2) is 17.6 Å². The van der Waals surface area contributed by atoms with Gasteiger partial charge in [-0.05, 0) is 25.0 Å². The smallest absolute Gasteiger partial charge is 0.303 e. The molecule has 0 saturated carbocycles. The number of methoxy groups -OCH3 is 1. The molecule has 2 aromatic carbocycles. The molecule has 0 amide bonds. The fraction of sp³-hybridized carbons (Fsp3) is 0.500. The average Bonchev–Trinajstić information content (AvgIpc) is 2.79. The van der Waals surface area contributed by atoms with E-state index in [-0.39, 0.29) is 5.75 Å². The Balaban J connectivity index is 1.99. The number of esters is 1. The second-order valence-electron chi connectivity index (χ2n) is 8.12. The van der Waals surface area contributed by atoms with Crippen LogP contribution in [0.4, 0.5) is 0 Å². The van der Waals surface area contributed by atoms with E-state index >= 15 is 0 Å². The Morgan fingerprint density at radius 2 is 1.79 bits per heavy atom. The summed E-state index contributed by atoms with van der Waals surface area (Å²) in [5.41, 5.74) is 1.58. The molecule has 180 valence electrons. The van der Waals surface area contributed by atoms with E-state index < -0.39 is 18.2 Å². The Labute approximate surface area is 195 Å². The van der Waals surface area contributed by atoms with Crippen LogP contribution in [0.15, 0.2) is 30.3 Å². The van der Waals surface area contributed by atoms with Crippen LogP contribution in [0, 0.1) is 0 Å². The third-order valence-corrected chi connectivity index (χ3v) is 5.51. The van der Waals surface area contributed by atoms with E-state index in [0.29, 0.717) is 42.6 Å². The Bertz CT molecular complexity index is 940. The Morgan fingerprint density at radius 3 is 2.45 bits per heavy atom. The highest BCUT2D eigenvalue weighted by Crippen LogP contribution is 2.44. The molecule has 1 heterocycles. The lowest BCUT2D eigenvalue weighted by atomic mass is 9.93. The maximum absolute atomic E-state index is 11.9. The summed E-state index contributed by atoms with van der Waals surface area (Å²) in [6.45, 7) is 6.80. The predicted molar refractivity (Wildman–Crippen MR) is 125 cm³/mol. The minimum Gasteiger partial charge on any atom is -0.504 e. The van der Waals surface area contributed by atoms with Crippen LogP contribution in [-0.2, 0) is 16.0 Å². The molecule has 0 aliphatic carbocycles. The van der Waals surface area contributed by atoms with Crippen LogP contribution in [-0.4, -0.2) is 37.5 Å². The van der Waals surface area contributed by atoms with Gasteiger partial charge in [0, 0.05) is 36.6 Å². The van der Waals surface area contributed by atoms with Crippen LogP contribution in [0.3, 0.4) is 0 Å². The largest absolute Gasteiger partial charge is 0.504 e. The summed E-state index contributed by atoms with van der Waals surface area (Å²) in [5.74, 6) is 1.96. The first-order chi connectivity index (χ1) is 16.0. The molecular weight excluding hydrogens is 424 g/mol. The highest BCUT2D eigenvalue weighted by atomic mass is 16.6. The molecule has 33 heavy (non-hydrogen) atoms. The average molecular weight is 459 g/mol. The topological polar surface area (TPSA) is 83.5 Å². The van der Waals surface area contributed by atoms with Gasteiger partial charge in [-0.1, -0.05) is 32.8 Å². The molecule has 0 aromatic heterocycles. The molecule has 0 bridgehead atoms. The van der Waals surface area contributed by atoms with Gasteiger partial charge in [0.2, 0.25) is 0 Å². The SMILES string of the molecule is CCCCOc1cc(OCCCC)c2c(c1)O[C@H](c1ccc(O)c(OC)c1)[C@@H](OC(C)=O)C2. The first kappa shape index (κ1) is 24.6. The van der Waals surface area contributed by atoms with E-state index in [1.807, 2.05) is 12.1 Å². The van der Waals surface area contributed by atoms with Crippen molar-refractivity contribution in [3.63, 3.8) is 0 Å². The quantitative estimate of drug-likeness (QED) is 0.358. The summed E-state index contributed by atoms with van der Waals surface area (Å²) in [6.07, 6.45) is 3.23. The Morgan fingerprint density at radius 1 is 1.06 bits per heavy atom. The molecule has 1 aliphatic heterocycles. The zero-order valence-electron chi connectivity index (χ0n) is 19.9. The number of benzene rings is 2. The number of fused-ring (bicyclic) bond motifs is 1. The van der Waals surface area contributed by atoms with Gasteiger partial charge in [0.1, 0.15) is 23.4 Å². The molecule has 0 unspecified atom stereocenters. The van der Waals surface area contributed by atoms with E-state index in [9.17, 15) is 9.90 Å². The molecule has 7 heteroatoms. The van der Waals surface area contributed by atoms with Crippen molar-refractivity contribution in [1.29, 1.82) is 0 Å². The number of carbonyl (C=O) groups is 1. The summed E-state index contributed by atoms with van der Waals surface area (Å²) in [6, 6.07) is 8.74. The van der Waals surface area contributed by atoms with Gasteiger partial charge >= 0.3 is 5.97 Å². The highest BCUT2D eigenvalue weighted by Gasteiger charge is 2.36. The third kappa shape index (κ3) is 6.24. The highest BCUT2D eigenvalue weighted by molar-refractivity contribution is 5.66. The fourth-order valence-electron chi connectivity index (χ4n) is 3.77. The standard InChI is InChI=1S/C26H34O7/c1-5-7-11-30-19-14-22(31-12-8-6-2)20-16-25(32-17(3)27)26(33-23(20)15-19)18-9-10-21(28)24(13-18)29-4/h9-10,13-15,25-26,28H,5-8,11-12,16H2,1-4H3/t25-,26+/m0/s1. The summed E-state index contributed by atoms with van der Waals surface area (Å²) in [5, 5.41) is 10.00. The van der Waals surface area contributed by atoms with Crippen molar-refractivity contribution >= 4 is 5.97 Å². The molecule has 2 atom stereocenters. The van der Waals surface area contributed by atoms with Crippen LogP contribution in [0.1, 0.15) is 63.7 Å². The molecule has 1 N–H and O–H groups in total. The molecule has 1 aliphatic rings. The fourth-order valence-corrected chi connectivity index (χ4v) is 3.77. The van der Waals surface area contributed by atoms with Gasteiger partial charge < -0.3 is 28.8 Å². The molecule has 0 spiro atoms. The molecule has 0 radical (unpaired) electrons. The lowest BCUT2D eigenvalue weighted by Crippen LogP contribution is -2.34. The minimum absolute atomic E-state index is 0.0275. The zero-order chi connectivity index (χ0) is 23.8. The number of rotatable bonds is 11. The Kier molecular flexibility index (Phi) is 8.69. The van der Waals surface area contributed by atoms with Gasteiger partial charge in [-0.2, -0.15) is 0 Å². The number of phenols is 1. The van der Waals surface area contributed by atoms with Crippen LogP contribution in [0.25, 0.3) is 0 Å². The predicted octanol–water partition coefficient (Wildman–Crippen LogP) is 5.37.